The Morgan fingerprint density at radius 2 is 1.27 bits per heavy atom. The lowest BCUT2D eigenvalue weighted by atomic mass is 9.95. The minimum absolute atomic E-state index is 0.0194. The number of carbonyl (C=O) groups excluding carboxylic acids is 1. The molecule has 5 heteroatoms. The summed E-state index contributed by atoms with van der Waals surface area (Å²) in [6.45, 7) is 2.26. The van der Waals surface area contributed by atoms with Crippen molar-refractivity contribution in [3.8, 4) is 0 Å². The Balaban J connectivity index is 1.79. The summed E-state index contributed by atoms with van der Waals surface area (Å²) in [5.41, 5.74) is 0. The number of carbonyl (C=O) groups is 1. The van der Waals surface area contributed by atoms with Crippen LogP contribution in [0.3, 0.4) is 0 Å². The lowest BCUT2D eigenvalue weighted by molar-refractivity contribution is -0.122. The number of hydrogen-bond acceptors (Lipinski definition) is 3. The van der Waals surface area contributed by atoms with Crippen molar-refractivity contribution in [1.29, 1.82) is 0 Å². The van der Waals surface area contributed by atoms with E-state index in [1.165, 1.54) is 96.3 Å². The molecule has 2 N–H and O–H groups in total. The number of aliphatic hydroxyl groups is 1. The maximum absolute atomic E-state index is 12.1. The fourth-order valence-corrected chi connectivity index (χ4v) is 4.57. The maximum atomic E-state index is 12.1. The number of nitrogens with one attached hydrogen (secondary N) is 1. The van der Waals surface area contributed by atoms with Gasteiger partial charge in [0.25, 0.3) is 0 Å². The van der Waals surface area contributed by atoms with Crippen molar-refractivity contribution in [2.24, 2.45) is 0 Å². The quantitative estimate of drug-likeness (QED) is 0.208. The Morgan fingerprint density at radius 1 is 0.833 bits per heavy atom. The first-order valence-corrected chi connectivity index (χ1v) is 13.2. The highest BCUT2D eigenvalue weighted by atomic mass is 16.5. The normalized spacial score (nSPS) is 21.2. The van der Waals surface area contributed by atoms with Crippen LogP contribution in [0.1, 0.15) is 129 Å². The molecule has 3 atom stereocenters. The Bertz CT molecular complexity index is 408. The van der Waals surface area contributed by atoms with E-state index in [1.807, 2.05) is 7.85 Å². The van der Waals surface area contributed by atoms with Crippen LogP contribution in [0.25, 0.3) is 0 Å². The van der Waals surface area contributed by atoms with E-state index in [4.69, 9.17) is 4.74 Å². The largest absolute Gasteiger partial charge is 0.394 e. The van der Waals surface area contributed by atoms with Crippen molar-refractivity contribution in [2.75, 3.05) is 6.61 Å². The Labute approximate surface area is 187 Å². The zero-order chi connectivity index (χ0) is 21.9. The molecule has 30 heavy (non-hydrogen) atoms. The van der Waals surface area contributed by atoms with Gasteiger partial charge in [-0.25, -0.2) is 0 Å². The molecule has 0 aromatic rings. The number of ether oxygens (including phenoxy) is 1. The topological polar surface area (TPSA) is 58.6 Å². The summed E-state index contributed by atoms with van der Waals surface area (Å²) in [5, 5.41) is 12.4. The molecular formula is C25H50BNO3. The fourth-order valence-electron chi connectivity index (χ4n) is 4.57. The summed E-state index contributed by atoms with van der Waals surface area (Å²) in [4.78, 5) is 12.1. The van der Waals surface area contributed by atoms with E-state index >= 15 is 0 Å². The molecule has 1 rings (SSSR count). The lowest BCUT2D eigenvalue weighted by Gasteiger charge is -2.17. The van der Waals surface area contributed by atoms with Gasteiger partial charge in [0.2, 0.25) is 5.91 Å². The highest BCUT2D eigenvalue weighted by Crippen LogP contribution is 2.18. The molecule has 0 radical (unpaired) electrons. The second-order valence-corrected chi connectivity index (χ2v) is 9.48. The average molecular weight is 423 g/mol. The van der Waals surface area contributed by atoms with E-state index in [0.717, 1.165) is 19.3 Å². The minimum Gasteiger partial charge on any atom is -0.394 e. The number of amides is 1. The van der Waals surface area contributed by atoms with Gasteiger partial charge in [0.05, 0.1) is 12.6 Å². The second kappa shape index (κ2) is 19.2. The minimum atomic E-state index is -0.237. The van der Waals surface area contributed by atoms with Crippen molar-refractivity contribution in [3.05, 3.63) is 0 Å². The van der Waals surface area contributed by atoms with E-state index in [9.17, 15) is 9.90 Å². The number of hydrogen-bond donors (Lipinski definition) is 2. The Hall–Kier alpha value is -0.545. The summed E-state index contributed by atoms with van der Waals surface area (Å²) in [7, 11) is 1.99. The second-order valence-electron chi connectivity index (χ2n) is 9.48. The van der Waals surface area contributed by atoms with Gasteiger partial charge in [0.1, 0.15) is 14.0 Å². The summed E-state index contributed by atoms with van der Waals surface area (Å²) in [6, 6.07) is 0.0936. The third-order valence-corrected chi connectivity index (χ3v) is 6.48. The molecule has 1 aliphatic rings. The van der Waals surface area contributed by atoms with Gasteiger partial charge >= 0.3 is 0 Å². The van der Waals surface area contributed by atoms with Gasteiger partial charge in [-0.1, -0.05) is 110 Å². The Kier molecular flexibility index (Phi) is 17.6. The lowest BCUT2D eigenvalue weighted by Crippen LogP contribution is -2.41. The molecule has 1 heterocycles. The van der Waals surface area contributed by atoms with Gasteiger partial charge in [-0.3, -0.25) is 4.79 Å². The average Bonchev–Trinajstić information content (AvgIpc) is 3.09. The van der Waals surface area contributed by atoms with Crippen molar-refractivity contribution in [3.63, 3.8) is 0 Å². The zero-order valence-corrected chi connectivity index (χ0v) is 20.1. The first-order valence-electron chi connectivity index (χ1n) is 13.2. The Morgan fingerprint density at radius 3 is 1.70 bits per heavy atom. The standard InChI is InChI=1S/C25H50BNO3/c1-2-3-4-5-6-7-8-9-10-11-12-13-14-15-16-17-18-19-25(29)27-22-20-24(26)30-23(22)21-28/h22-24,28H,2-21,26H2,1H3,(H,27,29)/t22?,23-,24-/m1/s1. The summed E-state index contributed by atoms with van der Waals surface area (Å²) >= 11 is 0. The van der Waals surface area contributed by atoms with Crippen LogP contribution in [0.15, 0.2) is 0 Å². The molecular weight excluding hydrogens is 373 g/mol. The molecule has 1 aliphatic heterocycles. The third kappa shape index (κ3) is 14.5. The van der Waals surface area contributed by atoms with Gasteiger partial charge in [-0.2, -0.15) is 0 Å². The van der Waals surface area contributed by atoms with Crippen LogP contribution >= 0.6 is 0 Å². The molecule has 0 spiro atoms. The molecule has 0 aliphatic carbocycles. The zero-order valence-electron chi connectivity index (χ0n) is 20.1. The van der Waals surface area contributed by atoms with Crippen LogP contribution in [0.4, 0.5) is 0 Å². The summed E-state index contributed by atoms with van der Waals surface area (Å²) in [5.74, 6) is 0.108. The third-order valence-electron chi connectivity index (χ3n) is 6.48. The predicted octanol–water partition coefficient (Wildman–Crippen LogP) is 5.25. The van der Waals surface area contributed by atoms with Gasteiger partial charge in [-0.05, 0) is 12.8 Å². The number of aliphatic hydroxyl groups excluding tert-OH is 1. The van der Waals surface area contributed by atoms with Gasteiger partial charge < -0.3 is 15.2 Å². The molecule has 1 saturated heterocycles. The van der Waals surface area contributed by atoms with Crippen molar-refractivity contribution in [2.45, 2.75) is 147 Å². The van der Waals surface area contributed by atoms with Gasteiger partial charge in [0.15, 0.2) is 0 Å². The fraction of sp³-hybridized carbons (Fsp3) is 0.960. The number of rotatable bonds is 20. The van der Waals surface area contributed by atoms with Crippen LogP contribution in [0, 0.1) is 0 Å². The van der Waals surface area contributed by atoms with Crippen molar-refractivity contribution < 1.29 is 14.6 Å². The monoisotopic (exact) mass is 423 g/mol. The van der Waals surface area contributed by atoms with Crippen molar-refractivity contribution in [1.82, 2.24) is 5.32 Å². The molecule has 4 nitrogen and oxygen atoms in total. The molecule has 0 aromatic carbocycles. The highest BCUT2D eigenvalue weighted by molar-refractivity contribution is 6.11. The van der Waals surface area contributed by atoms with Crippen LogP contribution in [0.2, 0.25) is 0 Å². The SMILES string of the molecule is B[C@H]1CC(NC(=O)CCCCCCCCCCCCCCCCCCC)[C@@H](CO)O1. The molecule has 0 bridgehead atoms. The molecule has 1 fully saturated rings. The van der Waals surface area contributed by atoms with Crippen LogP contribution in [0.5, 0.6) is 0 Å². The van der Waals surface area contributed by atoms with E-state index in [2.05, 4.69) is 12.2 Å². The smallest absolute Gasteiger partial charge is 0.220 e. The van der Waals surface area contributed by atoms with Gasteiger partial charge in [-0.15, -0.1) is 0 Å². The first kappa shape index (κ1) is 27.5. The molecule has 0 saturated carbocycles. The first-order chi connectivity index (χ1) is 14.7. The maximum Gasteiger partial charge on any atom is 0.220 e. The van der Waals surface area contributed by atoms with E-state index in [0.29, 0.717) is 6.42 Å². The van der Waals surface area contributed by atoms with Crippen LogP contribution in [-0.4, -0.2) is 43.6 Å². The van der Waals surface area contributed by atoms with Crippen LogP contribution < -0.4 is 5.32 Å². The van der Waals surface area contributed by atoms with Gasteiger partial charge in [0, 0.05) is 12.4 Å². The van der Waals surface area contributed by atoms with Crippen molar-refractivity contribution >= 4 is 13.8 Å². The van der Waals surface area contributed by atoms with E-state index in [-0.39, 0.29) is 30.7 Å². The molecule has 176 valence electrons. The molecule has 1 unspecified atom stereocenters. The highest BCUT2D eigenvalue weighted by Gasteiger charge is 2.32. The number of unbranched alkanes of at least 4 members (excludes halogenated alkanes) is 16. The summed E-state index contributed by atoms with van der Waals surface area (Å²) < 4.78 is 5.60. The predicted molar refractivity (Wildman–Crippen MR) is 130 cm³/mol. The van der Waals surface area contributed by atoms with E-state index < -0.39 is 0 Å². The summed E-state index contributed by atoms with van der Waals surface area (Å²) in [6.07, 6.45) is 24.2. The van der Waals surface area contributed by atoms with E-state index in [1.54, 1.807) is 0 Å². The van der Waals surface area contributed by atoms with Crippen LogP contribution in [-0.2, 0) is 9.53 Å². The molecule has 0 aromatic heterocycles. The molecule has 1 amide bonds.